The lowest BCUT2D eigenvalue weighted by molar-refractivity contribution is -0.139. The van der Waals surface area contributed by atoms with Crippen molar-refractivity contribution in [1.82, 2.24) is 10.3 Å². The Balaban J connectivity index is 1.46. The summed E-state index contributed by atoms with van der Waals surface area (Å²) >= 11 is 0. The predicted octanol–water partition coefficient (Wildman–Crippen LogP) is 4.35. The maximum absolute atomic E-state index is 13.9. The number of aromatic amines is 1. The van der Waals surface area contributed by atoms with E-state index in [9.17, 15) is 14.3 Å². The first kappa shape index (κ1) is 18.0. The summed E-state index contributed by atoms with van der Waals surface area (Å²) in [5.41, 5.74) is 2.28. The molecule has 3 N–H and O–H groups in total. The number of furan rings is 1. The summed E-state index contributed by atoms with van der Waals surface area (Å²) in [5, 5.41) is 13.6. The zero-order chi connectivity index (χ0) is 19.5. The average Bonchev–Trinajstić information content (AvgIpc) is 3.32. The molecule has 1 unspecified atom stereocenters. The molecule has 0 bridgehead atoms. The summed E-state index contributed by atoms with van der Waals surface area (Å²) in [6.07, 6.45) is 2.17. The molecule has 2 aromatic heterocycles. The van der Waals surface area contributed by atoms with Crippen LogP contribution in [0.1, 0.15) is 11.3 Å². The van der Waals surface area contributed by atoms with E-state index >= 15 is 0 Å². The number of halogens is 1. The van der Waals surface area contributed by atoms with Crippen LogP contribution in [-0.2, 0) is 17.8 Å². The smallest absolute Gasteiger partial charge is 0.321 e. The van der Waals surface area contributed by atoms with Crippen LogP contribution in [0.2, 0.25) is 0 Å². The van der Waals surface area contributed by atoms with E-state index in [4.69, 9.17) is 4.42 Å². The molecule has 5 nitrogen and oxygen atoms in total. The van der Waals surface area contributed by atoms with Crippen molar-refractivity contribution in [2.75, 3.05) is 0 Å². The highest BCUT2D eigenvalue weighted by Crippen LogP contribution is 2.25. The Morgan fingerprint density at radius 1 is 1.11 bits per heavy atom. The van der Waals surface area contributed by atoms with Gasteiger partial charge in [-0.25, -0.2) is 4.39 Å². The van der Waals surface area contributed by atoms with Crippen molar-refractivity contribution < 1.29 is 18.7 Å². The summed E-state index contributed by atoms with van der Waals surface area (Å²) in [4.78, 5) is 14.9. The molecule has 0 radical (unpaired) electrons. The van der Waals surface area contributed by atoms with Gasteiger partial charge in [0.1, 0.15) is 23.4 Å². The summed E-state index contributed by atoms with van der Waals surface area (Å²) in [6.45, 7) is 0.230. The molecule has 0 amide bonds. The van der Waals surface area contributed by atoms with Crippen LogP contribution in [-0.4, -0.2) is 22.1 Å². The third kappa shape index (κ3) is 3.68. The fourth-order valence-electron chi connectivity index (χ4n) is 3.27. The number of rotatable bonds is 7. The molecule has 2 aromatic carbocycles. The minimum absolute atomic E-state index is 0.230. The largest absolute Gasteiger partial charge is 0.480 e. The number of H-pyrrole nitrogens is 1. The second-order valence-electron chi connectivity index (χ2n) is 6.58. The van der Waals surface area contributed by atoms with Gasteiger partial charge in [0.05, 0.1) is 12.1 Å². The van der Waals surface area contributed by atoms with Crippen LogP contribution < -0.4 is 5.32 Å². The van der Waals surface area contributed by atoms with E-state index in [0.29, 0.717) is 23.5 Å². The van der Waals surface area contributed by atoms with Crippen molar-refractivity contribution in [1.29, 1.82) is 0 Å². The number of carbonyl (C=O) groups is 1. The van der Waals surface area contributed by atoms with Crippen LogP contribution in [0.3, 0.4) is 0 Å². The first-order chi connectivity index (χ1) is 13.6. The number of hydrogen-bond acceptors (Lipinski definition) is 3. The highest BCUT2D eigenvalue weighted by molar-refractivity contribution is 5.84. The lowest BCUT2D eigenvalue weighted by Gasteiger charge is -2.13. The highest BCUT2D eigenvalue weighted by atomic mass is 19.1. The van der Waals surface area contributed by atoms with Gasteiger partial charge in [-0.2, -0.15) is 0 Å². The molecule has 0 spiro atoms. The van der Waals surface area contributed by atoms with Crippen molar-refractivity contribution in [2.24, 2.45) is 0 Å². The average molecular weight is 378 g/mol. The van der Waals surface area contributed by atoms with Crippen LogP contribution in [0.25, 0.3) is 22.2 Å². The molecule has 0 saturated heterocycles. The summed E-state index contributed by atoms with van der Waals surface area (Å²) in [5.74, 6) is -0.341. The zero-order valence-electron chi connectivity index (χ0n) is 15.0. The molecule has 0 fully saturated rings. The van der Waals surface area contributed by atoms with Crippen LogP contribution >= 0.6 is 0 Å². The number of aromatic nitrogens is 1. The minimum atomic E-state index is -0.939. The Labute approximate surface area is 160 Å². The number of hydrogen-bond donors (Lipinski definition) is 3. The second kappa shape index (κ2) is 7.70. The van der Waals surface area contributed by atoms with Gasteiger partial charge in [0, 0.05) is 23.5 Å². The normalized spacial score (nSPS) is 12.3. The molecular weight excluding hydrogens is 359 g/mol. The van der Waals surface area contributed by atoms with Crippen LogP contribution in [0, 0.1) is 5.82 Å². The maximum Gasteiger partial charge on any atom is 0.321 e. The molecule has 28 heavy (non-hydrogen) atoms. The van der Waals surface area contributed by atoms with Gasteiger partial charge in [-0.1, -0.05) is 30.3 Å². The summed E-state index contributed by atoms with van der Waals surface area (Å²) < 4.78 is 19.6. The number of nitrogens with one attached hydrogen (secondary N) is 2. The van der Waals surface area contributed by atoms with Crippen molar-refractivity contribution >= 4 is 16.9 Å². The van der Waals surface area contributed by atoms with Crippen molar-refractivity contribution in [3.05, 3.63) is 84.0 Å². The van der Waals surface area contributed by atoms with E-state index in [1.54, 1.807) is 30.3 Å². The molecule has 0 aliphatic carbocycles. The van der Waals surface area contributed by atoms with Gasteiger partial charge in [-0.15, -0.1) is 0 Å². The second-order valence-corrected chi connectivity index (χ2v) is 6.58. The molecule has 4 rings (SSSR count). The SMILES string of the molecule is O=C(O)C(Cc1c[nH]c2ccccc12)NCc1ccc(-c2ccccc2F)o1. The molecule has 0 saturated carbocycles. The van der Waals surface area contributed by atoms with Gasteiger partial charge in [-0.05, 0) is 35.9 Å². The van der Waals surface area contributed by atoms with Gasteiger partial charge in [0.15, 0.2) is 0 Å². The van der Waals surface area contributed by atoms with Gasteiger partial charge in [0.25, 0.3) is 0 Å². The van der Waals surface area contributed by atoms with Crippen molar-refractivity contribution in [2.45, 2.75) is 19.0 Å². The molecular formula is C22H19FN2O3. The van der Waals surface area contributed by atoms with Crippen LogP contribution in [0.4, 0.5) is 4.39 Å². The minimum Gasteiger partial charge on any atom is -0.480 e. The fraction of sp³-hybridized carbons (Fsp3) is 0.136. The third-order valence-electron chi connectivity index (χ3n) is 4.72. The Morgan fingerprint density at radius 3 is 2.71 bits per heavy atom. The molecule has 2 heterocycles. The van der Waals surface area contributed by atoms with Crippen molar-refractivity contribution in [3.8, 4) is 11.3 Å². The van der Waals surface area contributed by atoms with E-state index in [1.807, 2.05) is 30.5 Å². The van der Waals surface area contributed by atoms with Crippen LogP contribution in [0.15, 0.2) is 71.3 Å². The van der Waals surface area contributed by atoms with Gasteiger partial charge < -0.3 is 14.5 Å². The Morgan fingerprint density at radius 2 is 1.89 bits per heavy atom. The van der Waals surface area contributed by atoms with Crippen LogP contribution in [0.5, 0.6) is 0 Å². The Bertz CT molecular complexity index is 1120. The van der Waals surface area contributed by atoms with E-state index < -0.39 is 12.0 Å². The summed E-state index contributed by atoms with van der Waals surface area (Å²) in [6, 6.07) is 16.8. The molecule has 6 heteroatoms. The number of carboxylic acids is 1. The van der Waals surface area contributed by atoms with Gasteiger partial charge >= 0.3 is 5.97 Å². The lowest BCUT2D eigenvalue weighted by Crippen LogP contribution is -2.37. The quantitative estimate of drug-likeness (QED) is 0.447. The molecule has 4 aromatic rings. The Hall–Kier alpha value is -3.38. The zero-order valence-corrected chi connectivity index (χ0v) is 15.0. The highest BCUT2D eigenvalue weighted by Gasteiger charge is 2.20. The number of para-hydroxylation sites is 1. The molecule has 142 valence electrons. The first-order valence-electron chi connectivity index (χ1n) is 8.96. The topological polar surface area (TPSA) is 78.3 Å². The Kier molecular flexibility index (Phi) is 4.95. The number of fused-ring (bicyclic) bond motifs is 1. The van der Waals surface area contributed by atoms with E-state index in [-0.39, 0.29) is 12.4 Å². The molecule has 1 atom stereocenters. The van der Waals surface area contributed by atoms with Gasteiger partial charge in [0.2, 0.25) is 0 Å². The lowest BCUT2D eigenvalue weighted by atomic mass is 10.0. The number of benzene rings is 2. The fourth-order valence-corrected chi connectivity index (χ4v) is 3.27. The maximum atomic E-state index is 13.9. The first-order valence-corrected chi connectivity index (χ1v) is 8.96. The summed E-state index contributed by atoms with van der Waals surface area (Å²) in [7, 11) is 0. The third-order valence-corrected chi connectivity index (χ3v) is 4.72. The molecule has 0 aliphatic rings. The molecule has 0 aliphatic heterocycles. The van der Waals surface area contributed by atoms with Gasteiger partial charge in [-0.3, -0.25) is 10.1 Å². The standard InChI is InChI=1S/C22H19FN2O3/c23-18-7-3-1-6-17(18)21-10-9-15(28-21)13-25-20(22(26)27)11-14-12-24-19-8-4-2-5-16(14)19/h1-10,12,20,24-25H,11,13H2,(H,26,27). The van der Waals surface area contributed by atoms with Crippen molar-refractivity contribution in [3.63, 3.8) is 0 Å². The number of carboxylic acid groups (broad SMARTS) is 1. The predicted molar refractivity (Wildman–Crippen MR) is 104 cm³/mol. The van der Waals surface area contributed by atoms with E-state index in [1.165, 1.54) is 6.07 Å². The number of aliphatic carboxylic acids is 1. The monoisotopic (exact) mass is 378 g/mol. The van der Waals surface area contributed by atoms with E-state index in [0.717, 1.165) is 16.5 Å². The van der Waals surface area contributed by atoms with E-state index in [2.05, 4.69) is 10.3 Å².